The van der Waals surface area contributed by atoms with E-state index in [1.54, 1.807) is 30.3 Å². The number of carbonyl (C=O) groups is 1. The van der Waals surface area contributed by atoms with E-state index in [-0.39, 0.29) is 11.1 Å². The SMILES string of the molecule is COC(=O)c1ccc(C(F)(F)F)c(C#Cc2ccccc2)c1. The third kappa shape index (κ3) is 3.67. The Morgan fingerprint density at radius 1 is 1.05 bits per heavy atom. The number of alkyl halides is 3. The van der Waals surface area contributed by atoms with Crippen LogP contribution in [-0.2, 0) is 10.9 Å². The largest absolute Gasteiger partial charge is 0.465 e. The molecule has 0 unspecified atom stereocenters. The van der Waals surface area contributed by atoms with Crippen LogP contribution in [0.15, 0.2) is 48.5 Å². The zero-order valence-electron chi connectivity index (χ0n) is 11.6. The number of methoxy groups -OCH3 is 1. The molecule has 0 aliphatic rings. The summed E-state index contributed by atoms with van der Waals surface area (Å²) in [6, 6.07) is 11.6. The van der Waals surface area contributed by atoms with E-state index >= 15 is 0 Å². The number of benzene rings is 2. The summed E-state index contributed by atoms with van der Waals surface area (Å²) in [7, 11) is 1.16. The van der Waals surface area contributed by atoms with Crippen molar-refractivity contribution in [1.29, 1.82) is 0 Å². The van der Waals surface area contributed by atoms with Gasteiger partial charge in [-0.25, -0.2) is 4.79 Å². The monoisotopic (exact) mass is 304 g/mol. The van der Waals surface area contributed by atoms with Crippen molar-refractivity contribution in [3.63, 3.8) is 0 Å². The molecule has 2 aromatic carbocycles. The van der Waals surface area contributed by atoms with Crippen molar-refractivity contribution < 1.29 is 22.7 Å². The highest BCUT2D eigenvalue weighted by molar-refractivity contribution is 5.90. The molecule has 22 heavy (non-hydrogen) atoms. The number of hydrogen-bond acceptors (Lipinski definition) is 2. The van der Waals surface area contributed by atoms with Gasteiger partial charge in [0.25, 0.3) is 0 Å². The lowest BCUT2D eigenvalue weighted by atomic mass is 10.0. The maximum Gasteiger partial charge on any atom is 0.417 e. The summed E-state index contributed by atoms with van der Waals surface area (Å²) in [6.07, 6.45) is -4.55. The second kappa shape index (κ2) is 6.35. The maximum atomic E-state index is 13.0. The van der Waals surface area contributed by atoms with Gasteiger partial charge in [0.15, 0.2) is 0 Å². The summed E-state index contributed by atoms with van der Waals surface area (Å²) in [6.45, 7) is 0. The van der Waals surface area contributed by atoms with Gasteiger partial charge >= 0.3 is 12.1 Å². The highest BCUT2D eigenvalue weighted by atomic mass is 19.4. The highest BCUT2D eigenvalue weighted by Crippen LogP contribution is 2.32. The molecule has 5 heteroatoms. The fraction of sp³-hybridized carbons (Fsp3) is 0.118. The van der Waals surface area contributed by atoms with Crippen molar-refractivity contribution in [2.24, 2.45) is 0 Å². The van der Waals surface area contributed by atoms with Crippen LogP contribution >= 0.6 is 0 Å². The van der Waals surface area contributed by atoms with E-state index in [2.05, 4.69) is 16.6 Å². The number of esters is 1. The van der Waals surface area contributed by atoms with Crippen LogP contribution in [0.25, 0.3) is 0 Å². The first-order valence-electron chi connectivity index (χ1n) is 6.28. The standard InChI is InChI=1S/C17H11F3O2/c1-22-16(21)14-9-10-15(17(18,19)20)13(11-14)8-7-12-5-3-2-4-6-12/h2-6,9-11H,1H3. The molecule has 0 saturated carbocycles. The van der Waals surface area contributed by atoms with Crippen LogP contribution in [0.3, 0.4) is 0 Å². The number of carbonyl (C=O) groups excluding carboxylic acids is 1. The maximum absolute atomic E-state index is 13.0. The Balaban J connectivity index is 2.51. The molecule has 2 rings (SSSR count). The summed E-state index contributed by atoms with van der Waals surface area (Å²) < 4.78 is 43.5. The Bertz CT molecular complexity index is 738. The van der Waals surface area contributed by atoms with Crippen molar-refractivity contribution in [2.75, 3.05) is 7.11 Å². The quantitative estimate of drug-likeness (QED) is 0.590. The van der Waals surface area contributed by atoms with Crippen LogP contribution in [-0.4, -0.2) is 13.1 Å². The molecule has 112 valence electrons. The van der Waals surface area contributed by atoms with Crippen molar-refractivity contribution in [3.8, 4) is 11.8 Å². The Morgan fingerprint density at radius 3 is 2.32 bits per heavy atom. The molecule has 0 amide bonds. The minimum absolute atomic E-state index is 0.0212. The first-order chi connectivity index (χ1) is 10.4. The molecular formula is C17H11F3O2. The molecule has 0 aliphatic carbocycles. The molecule has 0 fully saturated rings. The minimum Gasteiger partial charge on any atom is -0.465 e. The summed E-state index contributed by atoms with van der Waals surface area (Å²) in [4.78, 5) is 11.4. The molecule has 0 N–H and O–H groups in total. The van der Waals surface area contributed by atoms with Gasteiger partial charge in [-0.3, -0.25) is 0 Å². The first-order valence-corrected chi connectivity index (χ1v) is 6.28. The molecule has 0 bridgehead atoms. The first kappa shape index (κ1) is 15.6. The number of rotatable bonds is 1. The Kier molecular flexibility index (Phi) is 4.52. The highest BCUT2D eigenvalue weighted by Gasteiger charge is 2.33. The summed E-state index contributed by atoms with van der Waals surface area (Å²) in [5, 5.41) is 0. The zero-order valence-corrected chi connectivity index (χ0v) is 11.6. The molecule has 0 atom stereocenters. The summed E-state index contributed by atoms with van der Waals surface area (Å²) in [5.41, 5.74) is -0.546. The number of hydrogen-bond donors (Lipinski definition) is 0. The van der Waals surface area contributed by atoms with Gasteiger partial charge in [0.1, 0.15) is 0 Å². The van der Waals surface area contributed by atoms with Crippen LogP contribution < -0.4 is 0 Å². The van der Waals surface area contributed by atoms with Crippen LogP contribution in [0.4, 0.5) is 13.2 Å². The van der Waals surface area contributed by atoms with Gasteiger partial charge in [0.05, 0.1) is 18.2 Å². The van der Waals surface area contributed by atoms with Gasteiger partial charge in [-0.15, -0.1) is 0 Å². The molecule has 2 nitrogen and oxygen atoms in total. The lowest BCUT2D eigenvalue weighted by Gasteiger charge is -2.10. The van der Waals surface area contributed by atoms with E-state index in [0.29, 0.717) is 5.56 Å². The van der Waals surface area contributed by atoms with E-state index in [9.17, 15) is 18.0 Å². The van der Waals surface area contributed by atoms with Gasteiger partial charge in [-0.1, -0.05) is 30.0 Å². The van der Waals surface area contributed by atoms with Crippen molar-refractivity contribution in [2.45, 2.75) is 6.18 Å². The van der Waals surface area contributed by atoms with Crippen molar-refractivity contribution >= 4 is 5.97 Å². The van der Waals surface area contributed by atoms with Crippen LogP contribution in [0.2, 0.25) is 0 Å². The minimum atomic E-state index is -4.55. The van der Waals surface area contributed by atoms with Crippen molar-refractivity contribution in [3.05, 3.63) is 70.8 Å². The fourth-order valence-corrected chi connectivity index (χ4v) is 1.80. The van der Waals surface area contributed by atoms with E-state index in [4.69, 9.17) is 0 Å². The second-order valence-corrected chi connectivity index (χ2v) is 4.37. The smallest absolute Gasteiger partial charge is 0.417 e. The Morgan fingerprint density at radius 2 is 1.73 bits per heavy atom. The van der Waals surface area contributed by atoms with Crippen LogP contribution in [0, 0.1) is 11.8 Å². The third-order valence-corrected chi connectivity index (χ3v) is 2.86. The van der Waals surface area contributed by atoms with E-state index in [1.807, 2.05) is 0 Å². The van der Waals surface area contributed by atoms with Gasteiger partial charge in [-0.2, -0.15) is 13.2 Å². The van der Waals surface area contributed by atoms with E-state index in [0.717, 1.165) is 25.3 Å². The summed E-state index contributed by atoms with van der Waals surface area (Å²) in [5.74, 6) is 4.42. The number of halogens is 3. The topological polar surface area (TPSA) is 26.3 Å². The van der Waals surface area contributed by atoms with Gasteiger partial charge in [-0.05, 0) is 30.3 Å². The average Bonchev–Trinajstić information content (AvgIpc) is 2.52. The van der Waals surface area contributed by atoms with Crippen molar-refractivity contribution in [1.82, 2.24) is 0 Å². The van der Waals surface area contributed by atoms with Gasteiger partial charge < -0.3 is 4.74 Å². The van der Waals surface area contributed by atoms with E-state index in [1.165, 1.54) is 0 Å². The number of ether oxygens (including phenoxy) is 1. The zero-order chi connectivity index (χ0) is 16.2. The third-order valence-electron chi connectivity index (χ3n) is 2.86. The molecule has 0 aliphatic heterocycles. The van der Waals surface area contributed by atoms with Gasteiger partial charge in [0, 0.05) is 11.1 Å². The Hall–Kier alpha value is -2.74. The molecule has 0 heterocycles. The second-order valence-electron chi connectivity index (χ2n) is 4.37. The normalized spacial score (nSPS) is 10.5. The lowest BCUT2D eigenvalue weighted by molar-refractivity contribution is -0.137. The molecule has 0 radical (unpaired) electrons. The predicted octanol–water partition coefficient (Wildman–Crippen LogP) is 3.89. The molecule has 0 spiro atoms. The summed E-state index contributed by atoms with van der Waals surface area (Å²) >= 11 is 0. The average molecular weight is 304 g/mol. The van der Waals surface area contributed by atoms with Gasteiger partial charge in [0.2, 0.25) is 0 Å². The van der Waals surface area contributed by atoms with Crippen LogP contribution in [0.5, 0.6) is 0 Å². The predicted molar refractivity (Wildman–Crippen MR) is 75.2 cm³/mol. The molecule has 0 saturated heterocycles. The van der Waals surface area contributed by atoms with E-state index < -0.39 is 17.7 Å². The fourth-order valence-electron chi connectivity index (χ4n) is 1.80. The molecular weight excluding hydrogens is 293 g/mol. The Labute approximate surface area is 125 Å². The lowest BCUT2D eigenvalue weighted by Crippen LogP contribution is -2.10. The molecule has 0 aromatic heterocycles. The molecule has 2 aromatic rings. The van der Waals surface area contributed by atoms with Crippen LogP contribution in [0.1, 0.15) is 27.0 Å².